The zero-order valence-corrected chi connectivity index (χ0v) is 12.7. The van der Waals surface area contributed by atoms with E-state index in [1.165, 1.54) is 0 Å². The van der Waals surface area contributed by atoms with E-state index >= 15 is 0 Å². The van der Waals surface area contributed by atoms with Crippen LogP contribution in [0.3, 0.4) is 0 Å². The lowest BCUT2D eigenvalue weighted by Gasteiger charge is -2.40. The van der Waals surface area contributed by atoms with Gasteiger partial charge >= 0.3 is 6.09 Å². The fourth-order valence-electron chi connectivity index (χ4n) is 3.19. The Kier molecular flexibility index (Phi) is 3.20. The number of aliphatic hydroxyl groups excluding tert-OH is 1. The van der Waals surface area contributed by atoms with Gasteiger partial charge in [0.1, 0.15) is 18.0 Å². The number of nitrogens with zero attached hydrogens (tertiary/aromatic N) is 4. The molecule has 1 atom stereocenters. The number of carbonyl (C=O) groups is 1. The molecule has 1 unspecified atom stereocenters. The number of ether oxygens (including phenoxy) is 1. The molecule has 1 saturated heterocycles. The average Bonchev–Trinajstić information content (AvgIpc) is 2.92. The van der Waals surface area contributed by atoms with Crippen molar-refractivity contribution in [1.82, 2.24) is 19.7 Å². The first-order chi connectivity index (χ1) is 9.81. The van der Waals surface area contributed by atoms with Gasteiger partial charge in [-0.1, -0.05) is 0 Å². The summed E-state index contributed by atoms with van der Waals surface area (Å²) in [6.45, 7) is 7.52. The first kappa shape index (κ1) is 14.3. The smallest absolute Gasteiger partial charge is 0.410 e. The van der Waals surface area contributed by atoms with Gasteiger partial charge in [0.25, 0.3) is 0 Å². The van der Waals surface area contributed by atoms with E-state index < -0.39 is 11.7 Å². The van der Waals surface area contributed by atoms with Gasteiger partial charge < -0.3 is 19.3 Å². The molecule has 116 valence electrons. The molecule has 3 heterocycles. The summed E-state index contributed by atoms with van der Waals surface area (Å²) in [6, 6.07) is 0. The van der Waals surface area contributed by atoms with E-state index in [-0.39, 0.29) is 11.5 Å². The van der Waals surface area contributed by atoms with E-state index in [0.29, 0.717) is 18.9 Å². The summed E-state index contributed by atoms with van der Waals surface area (Å²) in [5.74, 6) is 0.640. The van der Waals surface area contributed by atoms with Gasteiger partial charge in [-0.15, -0.1) is 10.2 Å². The van der Waals surface area contributed by atoms with Crippen LogP contribution in [0.1, 0.15) is 45.5 Å². The van der Waals surface area contributed by atoms with E-state index in [2.05, 4.69) is 10.2 Å². The fraction of sp³-hybridized carbons (Fsp3) is 0.786. The zero-order chi connectivity index (χ0) is 15.3. The molecule has 7 heteroatoms. The Bertz CT molecular complexity index is 541. The normalized spacial score (nSPS) is 24.2. The number of piperidine rings is 1. The summed E-state index contributed by atoms with van der Waals surface area (Å²) >= 11 is 0. The molecule has 2 aliphatic heterocycles. The van der Waals surface area contributed by atoms with Gasteiger partial charge in [0.05, 0.1) is 0 Å². The second-order valence-corrected chi connectivity index (χ2v) is 7.05. The molecule has 0 aliphatic carbocycles. The van der Waals surface area contributed by atoms with Crippen molar-refractivity contribution in [2.75, 3.05) is 13.1 Å². The molecule has 1 N–H and O–H groups in total. The molecule has 3 rings (SSSR count). The molecule has 1 amide bonds. The predicted octanol–water partition coefficient (Wildman–Crippen LogP) is 1.34. The number of rotatable bonds is 0. The molecule has 0 saturated carbocycles. The Hall–Kier alpha value is -1.63. The molecule has 1 aromatic heterocycles. The number of likely N-dealkylation sites (tertiary alicyclic amines) is 1. The van der Waals surface area contributed by atoms with Gasteiger partial charge in [0, 0.05) is 25.0 Å². The molecular formula is C14H22N4O3. The zero-order valence-electron chi connectivity index (χ0n) is 12.7. The van der Waals surface area contributed by atoms with Crippen LogP contribution < -0.4 is 0 Å². The number of aliphatic hydroxyl groups is 1. The van der Waals surface area contributed by atoms with E-state index in [9.17, 15) is 9.90 Å². The lowest BCUT2D eigenvalue weighted by atomic mass is 9.75. The Labute approximate surface area is 123 Å². The van der Waals surface area contributed by atoms with Crippen molar-refractivity contribution < 1.29 is 14.6 Å². The maximum absolute atomic E-state index is 12.1. The maximum atomic E-state index is 12.1. The Morgan fingerprint density at radius 2 is 2.10 bits per heavy atom. The van der Waals surface area contributed by atoms with Gasteiger partial charge in [-0.2, -0.15) is 0 Å². The number of hydrogen-bond acceptors (Lipinski definition) is 5. The van der Waals surface area contributed by atoms with Crippen LogP contribution in [0.25, 0.3) is 0 Å². The molecular weight excluding hydrogens is 272 g/mol. The second kappa shape index (κ2) is 4.69. The summed E-state index contributed by atoms with van der Waals surface area (Å²) < 4.78 is 7.31. The summed E-state index contributed by atoms with van der Waals surface area (Å²) in [5, 5.41) is 18.3. The molecule has 21 heavy (non-hydrogen) atoms. The quantitative estimate of drug-likeness (QED) is 0.781. The molecule has 2 aliphatic rings. The summed E-state index contributed by atoms with van der Waals surface area (Å²) in [5.41, 5.74) is -0.698. The molecule has 1 fully saturated rings. The van der Waals surface area contributed by atoms with Gasteiger partial charge in [0.15, 0.2) is 5.82 Å². The van der Waals surface area contributed by atoms with Crippen molar-refractivity contribution in [3.05, 3.63) is 12.2 Å². The lowest BCUT2D eigenvalue weighted by Crippen LogP contribution is -2.46. The highest BCUT2D eigenvalue weighted by molar-refractivity contribution is 5.68. The number of carbonyl (C=O) groups excluding carboxylic acids is 1. The monoisotopic (exact) mass is 294 g/mol. The van der Waals surface area contributed by atoms with E-state index in [1.54, 1.807) is 11.2 Å². The topological polar surface area (TPSA) is 80.5 Å². The Balaban J connectivity index is 1.64. The summed E-state index contributed by atoms with van der Waals surface area (Å²) in [6.07, 6.45) is 2.28. The van der Waals surface area contributed by atoms with Crippen molar-refractivity contribution in [3.8, 4) is 0 Å². The van der Waals surface area contributed by atoms with Crippen molar-refractivity contribution in [2.45, 2.75) is 51.9 Å². The van der Waals surface area contributed by atoms with Gasteiger partial charge in [-0.3, -0.25) is 0 Å². The van der Waals surface area contributed by atoms with Crippen molar-refractivity contribution >= 4 is 6.09 Å². The van der Waals surface area contributed by atoms with Gasteiger partial charge in [0.2, 0.25) is 0 Å². The van der Waals surface area contributed by atoms with Crippen LogP contribution in [-0.2, 0) is 11.3 Å². The minimum absolute atomic E-state index is 0.218. The Morgan fingerprint density at radius 1 is 1.43 bits per heavy atom. The van der Waals surface area contributed by atoms with Gasteiger partial charge in [-0.05, 0) is 33.6 Å². The Morgan fingerprint density at radius 3 is 2.67 bits per heavy atom. The SMILES string of the molecule is CC(C)(C)OC(=O)N1CCC2(CC1)Cn1cnnc1C2O. The summed E-state index contributed by atoms with van der Waals surface area (Å²) in [4.78, 5) is 13.8. The number of hydrogen-bond donors (Lipinski definition) is 1. The van der Waals surface area contributed by atoms with Crippen LogP contribution in [0, 0.1) is 5.41 Å². The minimum Gasteiger partial charge on any atom is -0.444 e. The van der Waals surface area contributed by atoms with Crippen molar-refractivity contribution in [3.63, 3.8) is 0 Å². The first-order valence-corrected chi connectivity index (χ1v) is 7.34. The predicted molar refractivity (Wildman–Crippen MR) is 74.5 cm³/mol. The standard InChI is InChI=1S/C14H22N4O3/c1-13(2,3)21-12(20)17-6-4-14(5-7-17)8-18-9-15-16-11(18)10(14)19/h9-10,19H,4-8H2,1-3H3. The van der Waals surface area contributed by atoms with Crippen molar-refractivity contribution in [1.29, 1.82) is 0 Å². The van der Waals surface area contributed by atoms with E-state index in [0.717, 1.165) is 19.4 Å². The average molecular weight is 294 g/mol. The minimum atomic E-state index is -0.596. The van der Waals surface area contributed by atoms with Crippen LogP contribution in [0.4, 0.5) is 4.79 Å². The van der Waals surface area contributed by atoms with E-state index in [4.69, 9.17) is 4.74 Å². The molecule has 0 bridgehead atoms. The maximum Gasteiger partial charge on any atom is 0.410 e. The van der Waals surface area contributed by atoms with Crippen molar-refractivity contribution in [2.24, 2.45) is 5.41 Å². The third-order valence-corrected chi connectivity index (χ3v) is 4.37. The second-order valence-electron chi connectivity index (χ2n) is 7.05. The number of aromatic nitrogens is 3. The highest BCUT2D eigenvalue weighted by Gasteiger charge is 2.49. The van der Waals surface area contributed by atoms with E-state index in [1.807, 2.05) is 25.3 Å². The number of fused-ring (bicyclic) bond motifs is 1. The molecule has 1 aromatic rings. The van der Waals surface area contributed by atoms with Crippen LogP contribution in [0.2, 0.25) is 0 Å². The van der Waals surface area contributed by atoms with Gasteiger partial charge in [-0.25, -0.2) is 4.79 Å². The molecule has 0 radical (unpaired) electrons. The van der Waals surface area contributed by atoms with Crippen LogP contribution in [-0.4, -0.2) is 49.6 Å². The first-order valence-electron chi connectivity index (χ1n) is 7.34. The third kappa shape index (κ3) is 2.50. The van der Waals surface area contributed by atoms with Crippen LogP contribution in [0.15, 0.2) is 6.33 Å². The molecule has 7 nitrogen and oxygen atoms in total. The highest BCUT2D eigenvalue weighted by atomic mass is 16.6. The molecule has 0 aromatic carbocycles. The van der Waals surface area contributed by atoms with Crippen LogP contribution >= 0.6 is 0 Å². The highest BCUT2D eigenvalue weighted by Crippen LogP contribution is 2.48. The lowest BCUT2D eigenvalue weighted by molar-refractivity contribution is -0.0288. The number of amides is 1. The third-order valence-electron chi connectivity index (χ3n) is 4.37. The fourth-order valence-corrected chi connectivity index (χ4v) is 3.19. The van der Waals surface area contributed by atoms with Crippen LogP contribution in [0.5, 0.6) is 0 Å². The summed E-state index contributed by atoms with van der Waals surface area (Å²) in [7, 11) is 0. The molecule has 1 spiro atoms. The largest absolute Gasteiger partial charge is 0.444 e.